The van der Waals surface area contributed by atoms with Gasteiger partial charge in [0.15, 0.2) is 5.52 Å². The van der Waals surface area contributed by atoms with E-state index in [4.69, 9.17) is 0 Å². The summed E-state index contributed by atoms with van der Waals surface area (Å²) < 4.78 is 79.7. The highest BCUT2D eigenvalue weighted by atomic mass is 19.4. The van der Waals surface area contributed by atoms with Gasteiger partial charge < -0.3 is 0 Å². The van der Waals surface area contributed by atoms with Crippen molar-refractivity contribution < 1.29 is 30.9 Å². The lowest BCUT2D eigenvalue weighted by molar-refractivity contribution is -0.661. The lowest BCUT2D eigenvalue weighted by Gasteiger charge is -2.10. The Morgan fingerprint density at radius 1 is 0.767 bits per heavy atom. The summed E-state index contributed by atoms with van der Waals surface area (Å²) >= 11 is 0. The number of nitrogens with zero attached hydrogens (tertiary/aromatic N) is 2. The fourth-order valence-corrected chi connectivity index (χ4v) is 3.53. The van der Waals surface area contributed by atoms with E-state index in [2.05, 4.69) is 4.98 Å². The van der Waals surface area contributed by atoms with Gasteiger partial charge >= 0.3 is 18.2 Å². The quantitative estimate of drug-likeness (QED) is 0.202. The third-order valence-electron chi connectivity index (χ3n) is 5.03. The topological polar surface area (TPSA) is 16.8 Å². The fourth-order valence-electron chi connectivity index (χ4n) is 3.53. The lowest BCUT2D eigenvalue weighted by Crippen LogP contribution is -2.32. The molecule has 30 heavy (non-hydrogen) atoms. The summed E-state index contributed by atoms with van der Waals surface area (Å²) in [5.74, 6) is 0.418. The summed E-state index contributed by atoms with van der Waals surface area (Å²) in [4.78, 5) is 4.62. The minimum Gasteiger partial charge on any atom is -0.232 e. The molecule has 0 saturated heterocycles. The Morgan fingerprint density at radius 3 is 2.00 bits per heavy atom. The van der Waals surface area contributed by atoms with E-state index in [1.54, 1.807) is 36.9 Å². The maximum atomic E-state index is 13.0. The molecule has 4 rings (SSSR count). The van der Waals surface area contributed by atoms with Crippen LogP contribution in [0, 0.1) is 6.92 Å². The van der Waals surface area contributed by atoms with Crippen LogP contribution in [0.4, 0.5) is 26.3 Å². The number of hydrogen-bond acceptors (Lipinski definition) is 1. The molecule has 0 N–H and O–H groups in total. The third-order valence-corrected chi connectivity index (χ3v) is 5.03. The molecule has 0 spiro atoms. The van der Waals surface area contributed by atoms with E-state index in [0.29, 0.717) is 38.6 Å². The predicted molar refractivity (Wildman–Crippen MR) is 101 cm³/mol. The molecule has 4 aromatic rings. The molecule has 0 unspecified atom stereocenters. The first-order valence-corrected chi connectivity index (χ1v) is 8.94. The van der Waals surface area contributed by atoms with Gasteiger partial charge in [-0.05, 0) is 65.3 Å². The molecule has 0 saturated carbocycles. The van der Waals surface area contributed by atoms with Gasteiger partial charge in [0.1, 0.15) is 6.20 Å². The second-order valence-electron chi connectivity index (χ2n) is 7.14. The van der Waals surface area contributed by atoms with Crippen LogP contribution in [0.3, 0.4) is 0 Å². The number of fused-ring (bicyclic) bond motifs is 3. The summed E-state index contributed by atoms with van der Waals surface area (Å²) in [5.41, 5.74) is -0.122. The Balaban J connectivity index is 1.93. The van der Waals surface area contributed by atoms with Crippen molar-refractivity contribution in [3.8, 4) is 11.4 Å². The van der Waals surface area contributed by atoms with Crippen molar-refractivity contribution >= 4 is 21.7 Å². The van der Waals surface area contributed by atoms with Crippen molar-refractivity contribution in [2.24, 2.45) is 7.05 Å². The predicted octanol–water partition coefficient (Wildman–Crippen LogP) is 6.23. The highest BCUT2D eigenvalue weighted by Crippen LogP contribution is 2.35. The molecular formula is C22H15F6N2+. The number of benzene rings is 3. The molecule has 0 atom stereocenters. The first-order chi connectivity index (χ1) is 13.9. The van der Waals surface area contributed by atoms with Crippen LogP contribution >= 0.6 is 0 Å². The number of hydrogen-bond donors (Lipinski definition) is 0. The maximum Gasteiger partial charge on any atom is 0.416 e. The molecule has 0 aliphatic carbocycles. The summed E-state index contributed by atoms with van der Waals surface area (Å²) in [6.45, 7) is 1.56. The molecule has 0 fully saturated rings. The SMILES string of the molecule is Cc1cc(C(F)(F)F)ccc1-c1nc2c(ccc3cc(C(F)(F)F)ccc32)c[n+]1C. The molecule has 1 heterocycles. The molecule has 2 nitrogen and oxygen atoms in total. The van der Waals surface area contributed by atoms with E-state index < -0.39 is 23.5 Å². The Bertz CT molecular complexity index is 1290. The molecule has 0 bridgehead atoms. The highest BCUT2D eigenvalue weighted by Gasteiger charge is 2.32. The number of halogens is 6. The number of rotatable bonds is 1. The average molecular weight is 421 g/mol. The highest BCUT2D eigenvalue weighted by molar-refractivity contribution is 6.05. The Hall–Kier alpha value is -3.16. The van der Waals surface area contributed by atoms with Crippen molar-refractivity contribution in [2.45, 2.75) is 19.3 Å². The normalized spacial score (nSPS) is 12.7. The smallest absolute Gasteiger partial charge is 0.232 e. The van der Waals surface area contributed by atoms with Crippen molar-refractivity contribution in [1.82, 2.24) is 4.98 Å². The third kappa shape index (κ3) is 3.46. The summed E-state index contributed by atoms with van der Waals surface area (Å²) in [5, 5.41) is 1.62. The van der Waals surface area contributed by atoms with E-state index in [9.17, 15) is 26.3 Å². The molecule has 0 radical (unpaired) electrons. The largest absolute Gasteiger partial charge is 0.416 e. The van der Waals surface area contributed by atoms with Crippen LogP contribution in [0.5, 0.6) is 0 Å². The van der Waals surface area contributed by atoms with E-state index >= 15 is 0 Å². The van der Waals surface area contributed by atoms with Gasteiger partial charge in [-0.25, -0.2) is 4.57 Å². The summed E-state index contributed by atoms with van der Waals surface area (Å²) in [6, 6.07) is 10.1. The van der Waals surface area contributed by atoms with Crippen molar-refractivity contribution in [3.63, 3.8) is 0 Å². The Labute approximate surface area is 167 Å². The molecule has 0 aliphatic rings. The van der Waals surface area contributed by atoms with Crippen LogP contribution in [0.1, 0.15) is 16.7 Å². The van der Waals surface area contributed by atoms with Gasteiger partial charge in [0, 0.05) is 5.39 Å². The Morgan fingerprint density at radius 2 is 1.37 bits per heavy atom. The van der Waals surface area contributed by atoms with Gasteiger partial charge in [-0.1, -0.05) is 6.07 Å². The number of aryl methyl sites for hydroxylation is 2. The molecule has 0 amide bonds. The van der Waals surface area contributed by atoms with Crippen LogP contribution in [0.2, 0.25) is 0 Å². The van der Waals surface area contributed by atoms with Crippen LogP contribution in [-0.4, -0.2) is 4.98 Å². The minimum atomic E-state index is -4.46. The zero-order chi connectivity index (χ0) is 21.8. The van der Waals surface area contributed by atoms with Crippen molar-refractivity contribution in [1.29, 1.82) is 0 Å². The lowest BCUT2D eigenvalue weighted by atomic mass is 10.0. The average Bonchev–Trinajstić information content (AvgIpc) is 2.65. The number of alkyl halides is 6. The van der Waals surface area contributed by atoms with Crippen LogP contribution in [0.25, 0.3) is 33.1 Å². The Kier molecular flexibility index (Phi) is 4.48. The van der Waals surface area contributed by atoms with Crippen molar-refractivity contribution in [3.05, 3.63) is 71.4 Å². The van der Waals surface area contributed by atoms with E-state index in [1.165, 1.54) is 12.1 Å². The molecule has 0 aliphatic heterocycles. The van der Waals surface area contributed by atoms with Gasteiger partial charge in [-0.15, -0.1) is 0 Å². The molecular weight excluding hydrogens is 406 g/mol. The van der Waals surface area contributed by atoms with Crippen LogP contribution in [0.15, 0.2) is 54.7 Å². The summed E-state index contributed by atoms with van der Waals surface area (Å²) in [6.07, 6.45) is -7.15. The fraction of sp³-hybridized carbons (Fsp3) is 0.182. The molecule has 154 valence electrons. The summed E-state index contributed by atoms with van der Waals surface area (Å²) in [7, 11) is 1.72. The minimum absolute atomic E-state index is 0.383. The molecule has 8 heteroatoms. The van der Waals surface area contributed by atoms with Gasteiger partial charge in [-0.2, -0.15) is 26.3 Å². The first kappa shape index (κ1) is 20.1. The number of aromatic nitrogens is 2. The molecule has 1 aromatic heterocycles. The maximum absolute atomic E-state index is 13.0. The van der Waals surface area contributed by atoms with E-state index in [1.807, 2.05) is 0 Å². The monoisotopic (exact) mass is 421 g/mol. The van der Waals surface area contributed by atoms with Gasteiger partial charge in [0.2, 0.25) is 0 Å². The standard InChI is InChI=1S/C22H15F6N2/c1-12-9-15(21(23,24)25)5-7-17(12)20-29-19-14(11-30(20)2)4-3-13-10-16(22(26,27)28)6-8-18(13)19/h3-11H,1-2H3/q+1. The second kappa shape index (κ2) is 6.68. The van der Waals surface area contributed by atoms with Crippen LogP contribution < -0.4 is 4.57 Å². The van der Waals surface area contributed by atoms with Gasteiger partial charge in [-0.3, -0.25) is 0 Å². The van der Waals surface area contributed by atoms with E-state index in [0.717, 1.165) is 24.3 Å². The zero-order valence-electron chi connectivity index (χ0n) is 15.9. The first-order valence-electron chi connectivity index (χ1n) is 8.94. The second-order valence-corrected chi connectivity index (χ2v) is 7.14. The van der Waals surface area contributed by atoms with Crippen LogP contribution in [-0.2, 0) is 19.4 Å². The van der Waals surface area contributed by atoms with Gasteiger partial charge in [0.05, 0.1) is 29.1 Å². The molecule has 3 aromatic carbocycles. The van der Waals surface area contributed by atoms with Crippen molar-refractivity contribution in [2.75, 3.05) is 0 Å². The zero-order valence-corrected chi connectivity index (χ0v) is 15.9. The van der Waals surface area contributed by atoms with E-state index in [-0.39, 0.29) is 0 Å². The van der Waals surface area contributed by atoms with Gasteiger partial charge in [0.25, 0.3) is 0 Å².